The lowest BCUT2D eigenvalue weighted by atomic mass is 9.92. The Kier molecular flexibility index (Phi) is 5.91. The summed E-state index contributed by atoms with van der Waals surface area (Å²) in [6.07, 6.45) is 3.52. The first-order valence-electron chi connectivity index (χ1n) is 11.4. The number of carbonyl (C=O) groups excluding carboxylic acids is 3. The van der Waals surface area contributed by atoms with Crippen LogP contribution < -0.4 is 10.2 Å². The van der Waals surface area contributed by atoms with E-state index >= 15 is 0 Å². The van der Waals surface area contributed by atoms with E-state index in [2.05, 4.69) is 15.3 Å². The highest BCUT2D eigenvalue weighted by Gasteiger charge is 2.34. The predicted octanol–water partition coefficient (Wildman–Crippen LogP) is 3.89. The zero-order chi connectivity index (χ0) is 24.5. The van der Waals surface area contributed by atoms with Crippen molar-refractivity contribution < 1.29 is 19.1 Å². The molecule has 0 fully saturated rings. The number of rotatable bonds is 4. The number of nitrogens with zero attached hydrogens (tertiary/aromatic N) is 2. The van der Waals surface area contributed by atoms with Crippen LogP contribution in [0.4, 0.5) is 11.4 Å². The molecule has 2 heterocycles. The SMILES string of the molecule is COC1C(=C=O)C(N2CCCC(=O)c3ccccc32)=CC=C1C(=O)Nc1cccc2[nH]c(C)nc12. The molecule has 35 heavy (non-hydrogen) atoms. The Morgan fingerprint density at radius 1 is 1.20 bits per heavy atom. The number of Topliss-reactive ketones (excluding diaryl/α,β-unsaturated/α-hetero) is 1. The minimum Gasteiger partial charge on any atom is -0.371 e. The van der Waals surface area contributed by atoms with Crippen molar-refractivity contribution in [3.05, 3.63) is 82.8 Å². The van der Waals surface area contributed by atoms with Crippen molar-refractivity contribution in [2.75, 3.05) is 23.9 Å². The highest BCUT2D eigenvalue weighted by Crippen LogP contribution is 2.36. The molecule has 8 nitrogen and oxygen atoms in total. The zero-order valence-electron chi connectivity index (χ0n) is 19.4. The topological polar surface area (TPSA) is 104 Å². The minimum atomic E-state index is -0.918. The lowest BCUT2D eigenvalue weighted by molar-refractivity contribution is -0.113. The van der Waals surface area contributed by atoms with Gasteiger partial charge in [-0.25, -0.2) is 9.78 Å². The number of carbonyl (C=O) groups is 2. The molecule has 1 aliphatic heterocycles. The average molecular weight is 469 g/mol. The summed E-state index contributed by atoms with van der Waals surface area (Å²) in [5.41, 5.74) is 4.40. The molecule has 0 saturated carbocycles. The molecular formula is C27H24N4O4. The van der Waals surface area contributed by atoms with Crippen LogP contribution in [0.15, 0.2) is 71.5 Å². The molecule has 5 rings (SSSR count). The Labute approximate surface area is 202 Å². The monoisotopic (exact) mass is 468 g/mol. The summed E-state index contributed by atoms with van der Waals surface area (Å²) < 4.78 is 5.63. The number of aromatic nitrogens is 2. The molecule has 2 aromatic carbocycles. The van der Waals surface area contributed by atoms with Gasteiger partial charge in [0.15, 0.2) is 5.78 Å². The van der Waals surface area contributed by atoms with Crippen molar-refractivity contribution in [3.8, 4) is 0 Å². The third kappa shape index (κ3) is 3.99. The Hall–Kier alpha value is -4.26. The number of imidazole rings is 1. The Balaban J connectivity index is 1.53. The van der Waals surface area contributed by atoms with Gasteiger partial charge in [0.05, 0.1) is 33.7 Å². The smallest absolute Gasteiger partial charge is 0.254 e. The van der Waals surface area contributed by atoms with Crippen LogP contribution >= 0.6 is 0 Å². The maximum Gasteiger partial charge on any atom is 0.254 e. The second kappa shape index (κ2) is 9.18. The molecule has 1 aromatic heterocycles. The molecule has 0 radical (unpaired) electrons. The van der Waals surface area contributed by atoms with Crippen LogP contribution in [0.25, 0.3) is 11.0 Å². The maximum atomic E-state index is 13.3. The molecule has 2 N–H and O–H groups in total. The highest BCUT2D eigenvalue weighted by molar-refractivity contribution is 6.09. The van der Waals surface area contributed by atoms with Gasteiger partial charge in [0, 0.05) is 25.6 Å². The van der Waals surface area contributed by atoms with Crippen molar-refractivity contribution in [1.82, 2.24) is 9.97 Å². The molecule has 1 amide bonds. The largest absolute Gasteiger partial charge is 0.371 e. The molecule has 2 aliphatic rings. The van der Waals surface area contributed by atoms with Crippen LogP contribution in [0.1, 0.15) is 29.0 Å². The maximum absolute atomic E-state index is 13.3. The standard InChI is InChI=1S/C27H24N4O4/c1-16-28-20-8-5-9-21(25(20)29-16)30-27(34)18-12-13-23(19(15-32)26(18)35-2)31-14-6-11-24(33)17-7-3-4-10-22(17)31/h3-5,7-10,12-13,26H,6,11,14H2,1-2H3,(H,28,29)(H,30,34). The molecule has 8 heteroatoms. The van der Waals surface area contributed by atoms with Gasteiger partial charge in [0.1, 0.15) is 23.4 Å². The molecule has 0 bridgehead atoms. The summed E-state index contributed by atoms with van der Waals surface area (Å²) in [6.45, 7) is 2.39. The number of anilines is 2. The molecular weight excluding hydrogens is 444 g/mol. The fourth-order valence-electron chi connectivity index (χ4n) is 4.72. The van der Waals surface area contributed by atoms with Gasteiger partial charge in [-0.05, 0) is 49.8 Å². The summed E-state index contributed by atoms with van der Waals surface area (Å²) in [5.74, 6) is 2.41. The molecule has 3 aromatic rings. The Bertz CT molecular complexity index is 1460. The van der Waals surface area contributed by atoms with Gasteiger partial charge in [-0.3, -0.25) is 9.59 Å². The summed E-state index contributed by atoms with van der Waals surface area (Å²) in [5, 5.41) is 2.90. The molecule has 0 saturated heterocycles. The number of aryl methyl sites for hydroxylation is 1. The van der Waals surface area contributed by atoms with E-state index in [0.29, 0.717) is 41.9 Å². The summed E-state index contributed by atoms with van der Waals surface area (Å²) in [7, 11) is 1.45. The third-order valence-corrected chi connectivity index (χ3v) is 6.30. The first-order chi connectivity index (χ1) is 17.0. The van der Waals surface area contributed by atoms with Crippen LogP contribution in [0, 0.1) is 6.92 Å². The van der Waals surface area contributed by atoms with E-state index in [9.17, 15) is 14.4 Å². The van der Waals surface area contributed by atoms with E-state index in [-0.39, 0.29) is 16.9 Å². The number of hydrogen-bond donors (Lipinski definition) is 2. The first kappa shape index (κ1) is 22.5. The van der Waals surface area contributed by atoms with Crippen molar-refractivity contribution in [2.45, 2.75) is 25.9 Å². The van der Waals surface area contributed by atoms with Crippen LogP contribution in [0.3, 0.4) is 0 Å². The van der Waals surface area contributed by atoms with Gasteiger partial charge >= 0.3 is 0 Å². The predicted molar refractivity (Wildman–Crippen MR) is 133 cm³/mol. The van der Waals surface area contributed by atoms with Gasteiger partial charge in [0.25, 0.3) is 5.91 Å². The first-order valence-corrected chi connectivity index (χ1v) is 11.4. The summed E-state index contributed by atoms with van der Waals surface area (Å²) in [6, 6.07) is 12.8. The van der Waals surface area contributed by atoms with Crippen molar-refractivity contribution in [2.24, 2.45) is 0 Å². The number of nitrogens with one attached hydrogen (secondary N) is 2. The van der Waals surface area contributed by atoms with E-state index in [1.807, 2.05) is 48.1 Å². The van der Waals surface area contributed by atoms with Gasteiger partial charge in [0.2, 0.25) is 0 Å². The normalized spacial score (nSPS) is 17.9. The summed E-state index contributed by atoms with van der Waals surface area (Å²) in [4.78, 5) is 47.6. The van der Waals surface area contributed by atoms with Gasteiger partial charge < -0.3 is 19.9 Å². The van der Waals surface area contributed by atoms with E-state index in [4.69, 9.17) is 4.74 Å². The molecule has 1 unspecified atom stereocenters. The second-order valence-corrected chi connectivity index (χ2v) is 8.48. The number of fused-ring (bicyclic) bond motifs is 2. The summed E-state index contributed by atoms with van der Waals surface area (Å²) >= 11 is 0. The molecule has 176 valence electrons. The number of ether oxygens (including phenoxy) is 1. The van der Waals surface area contributed by atoms with E-state index in [1.54, 1.807) is 24.3 Å². The van der Waals surface area contributed by atoms with Gasteiger partial charge in [-0.2, -0.15) is 0 Å². The third-order valence-electron chi connectivity index (χ3n) is 6.30. The number of H-pyrrole nitrogens is 1. The number of allylic oxidation sites excluding steroid dienone is 2. The number of methoxy groups -OCH3 is 1. The van der Waals surface area contributed by atoms with Crippen LogP contribution in [-0.2, 0) is 14.3 Å². The quantitative estimate of drug-likeness (QED) is 0.563. The highest BCUT2D eigenvalue weighted by atomic mass is 16.5. The van der Waals surface area contributed by atoms with Crippen molar-refractivity contribution in [3.63, 3.8) is 0 Å². The van der Waals surface area contributed by atoms with Crippen molar-refractivity contribution >= 4 is 40.0 Å². The molecule has 0 spiro atoms. The molecule has 1 aliphatic carbocycles. The van der Waals surface area contributed by atoms with Gasteiger partial charge in [-0.1, -0.05) is 18.2 Å². The Morgan fingerprint density at radius 3 is 2.83 bits per heavy atom. The van der Waals surface area contributed by atoms with Crippen LogP contribution in [0.2, 0.25) is 0 Å². The fraction of sp³-hybridized carbons (Fsp3) is 0.222. The number of hydrogen-bond acceptors (Lipinski definition) is 6. The van der Waals surface area contributed by atoms with Crippen LogP contribution in [0.5, 0.6) is 0 Å². The average Bonchev–Trinajstić information content (AvgIpc) is 3.18. The minimum absolute atomic E-state index is 0.0674. The number of amides is 1. The number of aromatic amines is 1. The zero-order valence-corrected chi connectivity index (χ0v) is 19.4. The van der Waals surface area contributed by atoms with Gasteiger partial charge in [-0.15, -0.1) is 0 Å². The van der Waals surface area contributed by atoms with Crippen LogP contribution in [-0.4, -0.2) is 47.4 Å². The van der Waals surface area contributed by atoms with Crippen molar-refractivity contribution in [1.29, 1.82) is 0 Å². The second-order valence-electron chi connectivity index (χ2n) is 8.48. The lowest BCUT2D eigenvalue weighted by Gasteiger charge is -2.32. The lowest BCUT2D eigenvalue weighted by Crippen LogP contribution is -2.35. The Morgan fingerprint density at radius 2 is 2.03 bits per heavy atom. The molecule has 1 atom stereocenters. The van der Waals surface area contributed by atoms with E-state index < -0.39 is 12.0 Å². The number of benzene rings is 2. The number of para-hydroxylation sites is 2. The van der Waals surface area contributed by atoms with E-state index in [0.717, 1.165) is 17.0 Å². The number of ketones is 1. The van der Waals surface area contributed by atoms with E-state index in [1.165, 1.54) is 7.11 Å². The fourth-order valence-corrected chi connectivity index (χ4v) is 4.72.